The van der Waals surface area contributed by atoms with Crippen LogP contribution in [0.15, 0.2) is 53.4 Å². The second-order valence-corrected chi connectivity index (χ2v) is 11.1. The van der Waals surface area contributed by atoms with Gasteiger partial charge < -0.3 is 10.2 Å². The molecule has 36 heavy (non-hydrogen) atoms. The Kier molecular flexibility index (Phi) is 10.0. The Morgan fingerprint density at radius 2 is 1.67 bits per heavy atom. The van der Waals surface area contributed by atoms with Crippen molar-refractivity contribution in [2.45, 2.75) is 82.3 Å². The predicted octanol–water partition coefficient (Wildman–Crippen LogP) is 3.92. The minimum Gasteiger partial charge on any atom is -0.354 e. The number of nitrogens with zero attached hydrogens (tertiary/aromatic N) is 1. The van der Waals surface area contributed by atoms with Gasteiger partial charge in [0, 0.05) is 25.6 Å². The van der Waals surface area contributed by atoms with Crippen LogP contribution in [0.5, 0.6) is 0 Å². The number of sulfonamides is 1. The van der Waals surface area contributed by atoms with Crippen LogP contribution in [-0.4, -0.2) is 43.8 Å². The lowest BCUT2D eigenvalue weighted by atomic mass is 10.1. The van der Waals surface area contributed by atoms with Gasteiger partial charge in [-0.25, -0.2) is 17.5 Å². The van der Waals surface area contributed by atoms with Crippen LogP contribution < -0.4 is 10.0 Å². The maximum Gasteiger partial charge on any atom is 0.242 e. The lowest BCUT2D eigenvalue weighted by Gasteiger charge is -2.29. The number of hydrogen-bond donors (Lipinski definition) is 2. The molecule has 9 heteroatoms. The number of nitrogens with one attached hydrogen (secondary N) is 2. The summed E-state index contributed by atoms with van der Waals surface area (Å²) in [5.74, 6) is -0.793. The third-order valence-corrected chi connectivity index (χ3v) is 7.81. The summed E-state index contributed by atoms with van der Waals surface area (Å²) in [7, 11) is -3.52. The molecule has 2 aromatic rings. The molecule has 1 saturated carbocycles. The fraction of sp³-hybridized carbons (Fsp3) is 0.481. The summed E-state index contributed by atoms with van der Waals surface area (Å²) in [6.45, 7) is 4.53. The van der Waals surface area contributed by atoms with Crippen molar-refractivity contribution in [2.75, 3.05) is 6.54 Å². The molecule has 0 spiro atoms. The average Bonchev–Trinajstić information content (AvgIpc) is 3.68. The molecule has 0 heterocycles. The Balaban J connectivity index is 1.64. The highest BCUT2D eigenvalue weighted by Crippen LogP contribution is 2.22. The van der Waals surface area contributed by atoms with Crippen LogP contribution in [0.4, 0.5) is 4.39 Å². The summed E-state index contributed by atoms with van der Waals surface area (Å²) in [5, 5.41) is 2.90. The van der Waals surface area contributed by atoms with E-state index in [0.717, 1.165) is 43.2 Å². The fourth-order valence-electron chi connectivity index (χ4n) is 3.82. The number of amides is 2. The summed E-state index contributed by atoms with van der Waals surface area (Å²) >= 11 is 0. The van der Waals surface area contributed by atoms with E-state index in [1.165, 1.54) is 17.0 Å². The van der Waals surface area contributed by atoms with Gasteiger partial charge in [-0.1, -0.05) is 44.0 Å². The van der Waals surface area contributed by atoms with Crippen molar-refractivity contribution in [1.82, 2.24) is 14.9 Å². The van der Waals surface area contributed by atoms with Crippen molar-refractivity contribution in [1.29, 1.82) is 0 Å². The van der Waals surface area contributed by atoms with E-state index in [0.29, 0.717) is 13.0 Å². The van der Waals surface area contributed by atoms with Crippen LogP contribution in [0.25, 0.3) is 0 Å². The minimum absolute atomic E-state index is 0.0326. The first kappa shape index (κ1) is 27.8. The first-order valence-electron chi connectivity index (χ1n) is 12.6. The molecule has 0 bridgehead atoms. The third-order valence-electron chi connectivity index (χ3n) is 6.27. The zero-order chi connectivity index (χ0) is 26.1. The molecule has 7 nitrogen and oxygen atoms in total. The minimum atomic E-state index is -3.52. The summed E-state index contributed by atoms with van der Waals surface area (Å²) in [5.41, 5.74) is 1.56. The Morgan fingerprint density at radius 3 is 2.28 bits per heavy atom. The van der Waals surface area contributed by atoms with Crippen LogP contribution in [0, 0.1) is 5.82 Å². The second-order valence-electron chi connectivity index (χ2n) is 9.36. The highest BCUT2D eigenvalue weighted by atomic mass is 32.2. The van der Waals surface area contributed by atoms with Crippen molar-refractivity contribution in [2.24, 2.45) is 0 Å². The molecule has 1 atom stereocenters. The van der Waals surface area contributed by atoms with Gasteiger partial charge in [-0.3, -0.25) is 9.59 Å². The van der Waals surface area contributed by atoms with Crippen molar-refractivity contribution in [3.8, 4) is 0 Å². The number of unbranched alkanes of at least 4 members (excludes halogenated alkanes) is 2. The van der Waals surface area contributed by atoms with Gasteiger partial charge in [-0.05, 0) is 68.0 Å². The smallest absolute Gasteiger partial charge is 0.242 e. The molecule has 2 aromatic carbocycles. The second kappa shape index (κ2) is 13.0. The third kappa shape index (κ3) is 8.41. The number of carbonyl (C=O) groups is 2. The van der Waals surface area contributed by atoms with Crippen LogP contribution in [0.2, 0.25) is 0 Å². The fourth-order valence-corrected chi connectivity index (χ4v) is 5.13. The Labute approximate surface area is 213 Å². The lowest BCUT2D eigenvalue weighted by molar-refractivity contribution is -0.140. The van der Waals surface area contributed by atoms with Gasteiger partial charge in [0.2, 0.25) is 21.8 Å². The number of halogens is 1. The molecule has 3 rings (SSSR count). The standard InChI is InChI=1S/C27H36FN3O4S/c1-3-4-5-18-29-27(33)20(2)31(19-22-6-11-23(28)12-7-22)26(32)17-10-21-8-15-25(16-9-21)36(34,35)30-24-13-14-24/h6-9,11-12,15-16,20,24,30H,3-5,10,13-14,17-19H2,1-2H3,(H,29,33)/t20-/m1/s1. The first-order chi connectivity index (χ1) is 17.2. The highest BCUT2D eigenvalue weighted by Gasteiger charge is 2.28. The maximum atomic E-state index is 13.4. The van der Waals surface area contributed by atoms with E-state index in [1.807, 2.05) is 0 Å². The molecule has 2 amide bonds. The van der Waals surface area contributed by atoms with Gasteiger partial charge in [0.1, 0.15) is 11.9 Å². The van der Waals surface area contributed by atoms with E-state index in [4.69, 9.17) is 0 Å². The quantitative estimate of drug-likeness (QED) is 0.371. The van der Waals surface area contributed by atoms with Crippen molar-refractivity contribution >= 4 is 21.8 Å². The molecule has 196 valence electrons. The average molecular weight is 518 g/mol. The van der Waals surface area contributed by atoms with Gasteiger partial charge in [-0.2, -0.15) is 0 Å². The molecule has 1 aliphatic rings. The lowest BCUT2D eigenvalue weighted by Crippen LogP contribution is -2.47. The molecule has 0 unspecified atom stereocenters. The molecule has 0 saturated heterocycles. The number of carbonyl (C=O) groups excluding carboxylic acids is 2. The van der Waals surface area contributed by atoms with E-state index < -0.39 is 16.1 Å². The molecule has 1 fully saturated rings. The highest BCUT2D eigenvalue weighted by molar-refractivity contribution is 7.89. The van der Waals surface area contributed by atoms with E-state index >= 15 is 0 Å². The van der Waals surface area contributed by atoms with Gasteiger partial charge in [0.15, 0.2) is 0 Å². The number of aryl methyl sites for hydroxylation is 1. The SMILES string of the molecule is CCCCCNC(=O)[C@@H](C)N(Cc1ccc(F)cc1)C(=O)CCc1ccc(S(=O)(=O)NC2CC2)cc1. The molecular formula is C27H36FN3O4S. The Hall–Kier alpha value is -2.78. The molecule has 2 N–H and O–H groups in total. The zero-order valence-corrected chi connectivity index (χ0v) is 21.8. The van der Waals surface area contributed by atoms with Crippen molar-refractivity contribution < 1.29 is 22.4 Å². The molecule has 0 aromatic heterocycles. The molecule has 1 aliphatic carbocycles. The van der Waals surface area contributed by atoms with Crippen LogP contribution >= 0.6 is 0 Å². The maximum absolute atomic E-state index is 13.4. The monoisotopic (exact) mass is 517 g/mol. The van der Waals surface area contributed by atoms with Crippen molar-refractivity contribution in [3.05, 3.63) is 65.5 Å². The normalized spacial score (nSPS) is 14.3. The van der Waals surface area contributed by atoms with Gasteiger partial charge in [0.05, 0.1) is 4.90 Å². The summed E-state index contributed by atoms with van der Waals surface area (Å²) in [6.07, 6.45) is 5.23. The van der Waals surface area contributed by atoms with Gasteiger partial charge in [0.25, 0.3) is 0 Å². The summed E-state index contributed by atoms with van der Waals surface area (Å²) < 4.78 is 40.7. The zero-order valence-electron chi connectivity index (χ0n) is 21.0. The van der Waals surface area contributed by atoms with E-state index in [1.54, 1.807) is 43.3 Å². The number of rotatable bonds is 14. The largest absolute Gasteiger partial charge is 0.354 e. The first-order valence-corrected chi connectivity index (χ1v) is 14.1. The Bertz CT molecular complexity index is 1120. The van der Waals surface area contributed by atoms with Gasteiger partial charge >= 0.3 is 0 Å². The topological polar surface area (TPSA) is 95.6 Å². The van der Waals surface area contributed by atoms with Crippen LogP contribution in [0.1, 0.15) is 63.5 Å². The van der Waals surface area contributed by atoms with Crippen molar-refractivity contribution in [3.63, 3.8) is 0 Å². The summed E-state index contributed by atoms with van der Waals surface area (Å²) in [4.78, 5) is 27.7. The van der Waals surface area contributed by atoms with E-state index in [9.17, 15) is 22.4 Å². The molecule has 0 aliphatic heterocycles. The molecular weight excluding hydrogens is 481 g/mol. The van der Waals surface area contributed by atoms with Gasteiger partial charge in [-0.15, -0.1) is 0 Å². The number of hydrogen-bond acceptors (Lipinski definition) is 4. The van der Waals surface area contributed by atoms with E-state index in [2.05, 4.69) is 17.0 Å². The van der Waals surface area contributed by atoms with Crippen LogP contribution in [-0.2, 0) is 32.6 Å². The van der Waals surface area contributed by atoms with Crippen LogP contribution in [0.3, 0.4) is 0 Å². The predicted molar refractivity (Wildman–Crippen MR) is 137 cm³/mol. The summed E-state index contributed by atoms with van der Waals surface area (Å²) in [6, 6.07) is 11.7. The Morgan fingerprint density at radius 1 is 1.03 bits per heavy atom. The molecule has 0 radical (unpaired) electrons. The number of benzene rings is 2. The van der Waals surface area contributed by atoms with E-state index in [-0.39, 0.29) is 41.5 Å².